The SMILES string of the molecule is C=CCn1c(=O)c2cnc(Nc3ccc4c(c3)CC(=O)NC43CC3)nc2n1-c1ccnc(C(C)(C)C)c1. The van der Waals surface area contributed by atoms with Crippen LogP contribution in [-0.4, -0.2) is 30.2 Å². The third kappa shape index (κ3) is 3.91. The zero-order valence-corrected chi connectivity index (χ0v) is 21.2. The van der Waals surface area contributed by atoms with Gasteiger partial charge in [0, 0.05) is 29.2 Å². The van der Waals surface area contributed by atoms with E-state index < -0.39 is 0 Å². The third-order valence-electron chi connectivity index (χ3n) is 7.09. The largest absolute Gasteiger partial charge is 0.346 e. The number of pyridine rings is 1. The maximum absolute atomic E-state index is 13.3. The van der Waals surface area contributed by atoms with Crippen molar-refractivity contribution in [2.75, 3.05) is 5.32 Å². The second kappa shape index (κ2) is 8.12. The fourth-order valence-corrected chi connectivity index (χ4v) is 5.08. The number of rotatable bonds is 5. The highest BCUT2D eigenvalue weighted by atomic mass is 16.2. The fraction of sp³-hybridized carbons (Fsp3) is 0.321. The van der Waals surface area contributed by atoms with Crippen molar-refractivity contribution >= 4 is 28.6 Å². The molecule has 1 aliphatic carbocycles. The van der Waals surface area contributed by atoms with Gasteiger partial charge in [0.15, 0.2) is 5.65 Å². The van der Waals surface area contributed by atoms with Gasteiger partial charge in [-0.15, -0.1) is 6.58 Å². The van der Waals surface area contributed by atoms with E-state index in [9.17, 15) is 9.59 Å². The smallest absolute Gasteiger partial charge is 0.278 e. The van der Waals surface area contributed by atoms with E-state index in [-0.39, 0.29) is 22.4 Å². The van der Waals surface area contributed by atoms with Crippen LogP contribution in [0, 0.1) is 0 Å². The van der Waals surface area contributed by atoms with Crippen LogP contribution >= 0.6 is 0 Å². The molecular formula is C28H29N7O2. The molecule has 1 aliphatic heterocycles. The Morgan fingerprint density at radius 1 is 1.16 bits per heavy atom. The van der Waals surface area contributed by atoms with Crippen LogP contribution in [0.3, 0.4) is 0 Å². The summed E-state index contributed by atoms with van der Waals surface area (Å²) in [4.78, 5) is 39.2. The molecule has 0 unspecified atom stereocenters. The van der Waals surface area contributed by atoms with E-state index in [0.717, 1.165) is 35.5 Å². The first-order valence-corrected chi connectivity index (χ1v) is 12.5. The van der Waals surface area contributed by atoms with E-state index in [1.165, 1.54) is 5.56 Å². The average Bonchev–Trinajstić information content (AvgIpc) is 3.56. The van der Waals surface area contributed by atoms with Gasteiger partial charge in [-0.3, -0.25) is 14.6 Å². The van der Waals surface area contributed by atoms with E-state index in [1.807, 2.05) is 24.3 Å². The van der Waals surface area contributed by atoms with Gasteiger partial charge in [-0.25, -0.2) is 14.3 Å². The van der Waals surface area contributed by atoms with Crippen LogP contribution in [0.5, 0.6) is 0 Å². The van der Waals surface area contributed by atoms with Gasteiger partial charge >= 0.3 is 0 Å². The lowest BCUT2D eigenvalue weighted by Crippen LogP contribution is -2.41. The standard InChI is InChI=1S/C28H29N7O2/c1-5-12-34-25(37)20-16-30-26(32-24(20)35(34)19-8-11-29-22(15-19)27(2,3)4)31-18-6-7-21-17(13-18)14-23(36)33-28(21)9-10-28/h5-8,11,13,15-16H,1,9-10,12,14H2,2-4H3,(H,33,36)(H,30,31,32). The molecule has 2 aliphatic rings. The second-order valence-electron chi connectivity index (χ2n) is 10.9. The lowest BCUT2D eigenvalue weighted by Gasteiger charge is -2.27. The first-order chi connectivity index (χ1) is 17.7. The highest BCUT2D eigenvalue weighted by molar-refractivity contribution is 5.84. The van der Waals surface area contributed by atoms with Crippen molar-refractivity contribution in [2.24, 2.45) is 0 Å². The van der Waals surface area contributed by atoms with E-state index in [1.54, 1.807) is 27.8 Å². The Labute approximate surface area is 214 Å². The first-order valence-electron chi connectivity index (χ1n) is 12.5. The molecule has 188 valence electrons. The van der Waals surface area contributed by atoms with Gasteiger partial charge in [-0.05, 0) is 48.2 Å². The van der Waals surface area contributed by atoms with Crippen molar-refractivity contribution in [1.29, 1.82) is 0 Å². The van der Waals surface area contributed by atoms with Crippen LogP contribution in [0.4, 0.5) is 11.6 Å². The summed E-state index contributed by atoms with van der Waals surface area (Å²) in [5.41, 5.74) is 4.66. The molecule has 0 radical (unpaired) electrons. The highest BCUT2D eigenvalue weighted by Crippen LogP contribution is 2.49. The van der Waals surface area contributed by atoms with Gasteiger partial charge in [0.05, 0.1) is 24.2 Å². The number of nitrogens with one attached hydrogen (secondary N) is 2. The lowest BCUT2D eigenvalue weighted by molar-refractivity contribution is -0.122. The Kier molecular flexibility index (Phi) is 5.08. The van der Waals surface area contributed by atoms with Crippen molar-refractivity contribution in [2.45, 2.75) is 57.5 Å². The molecule has 1 saturated carbocycles. The highest BCUT2D eigenvalue weighted by Gasteiger charge is 2.49. The molecule has 6 rings (SSSR count). The van der Waals surface area contributed by atoms with Crippen LogP contribution in [0.15, 0.2) is 60.2 Å². The summed E-state index contributed by atoms with van der Waals surface area (Å²) in [5.74, 6) is 0.419. The Morgan fingerprint density at radius 3 is 2.70 bits per heavy atom. The summed E-state index contributed by atoms with van der Waals surface area (Å²) in [6, 6.07) is 9.90. The van der Waals surface area contributed by atoms with E-state index in [2.05, 4.69) is 54.0 Å². The van der Waals surface area contributed by atoms with Gasteiger partial charge in [0.25, 0.3) is 5.56 Å². The predicted molar refractivity (Wildman–Crippen MR) is 142 cm³/mol. The molecule has 4 heterocycles. The summed E-state index contributed by atoms with van der Waals surface area (Å²) in [7, 11) is 0. The van der Waals surface area contributed by atoms with Gasteiger partial charge in [0.2, 0.25) is 11.9 Å². The lowest BCUT2D eigenvalue weighted by atomic mass is 9.91. The van der Waals surface area contributed by atoms with Crippen molar-refractivity contribution in [3.63, 3.8) is 0 Å². The number of carbonyl (C=O) groups excluding carboxylic acids is 1. The number of aromatic nitrogens is 5. The first kappa shape index (κ1) is 23.1. The molecule has 1 aromatic carbocycles. The molecule has 4 aromatic rings. The van der Waals surface area contributed by atoms with E-state index in [0.29, 0.717) is 29.9 Å². The zero-order valence-electron chi connectivity index (χ0n) is 21.2. The summed E-state index contributed by atoms with van der Waals surface area (Å²) in [6.07, 6.45) is 7.30. The minimum Gasteiger partial charge on any atom is -0.346 e. The molecule has 9 nitrogen and oxygen atoms in total. The van der Waals surface area contributed by atoms with Gasteiger partial charge in [-0.1, -0.05) is 32.9 Å². The number of amides is 1. The fourth-order valence-electron chi connectivity index (χ4n) is 5.08. The number of benzene rings is 1. The number of hydrogen-bond acceptors (Lipinski definition) is 6. The zero-order chi connectivity index (χ0) is 25.9. The van der Waals surface area contributed by atoms with Crippen LogP contribution in [-0.2, 0) is 28.7 Å². The summed E-state index contributed by atoms with van der Waals surface area (Å²) < 4.78 is 3.40. The number of carbonyl (C=O) groups is 1. The van der Waals surface area contributed by atoms with Crippen LogP contribution in [0.1, 0.15) is 50.4 Å². The van der Waals surface area contributed by atoms with Gasteiger partial charge in [-0.2, -0.15) is 4.98 Å². The summed E-state index contributed by atoms with van der Waals surface area (Å²) >= 11 is 0. The second-order valence-corrected chi connectivity index (χ2v) is 10.9. The summed E-state index contributed by atoms with van der Waals surface area (Å²) in [6.45, 7) is 10.4. The molecule has 1 spiro atoms. The normalized spacial score (nSPS) is 15.9. The monoisotopic (exact) mass is 495 g/mol. The number of hydrogen-bond donors (Lipinski definition) is 2. The number of nitrogens with zero attached hydrogens (tertiary/aromatic N) is 5. The maximum atomic E-state index is 13.3. The number of anilines is 2. The molecule has 1 amide bonds. The molecule has 9 heteroatoms. The molecule has 0 saturated heterocycles. The van der Waals surface area contributed by atoms with Crippen molar-refractivity contribution in [1.82, 2.24) is 29.6 Å². The van der Waals surface area contributed by atoms with Crippen LogP contribution in [0.25, 0.3) is 16.7 Å². The maximum Gasteiger partial charge on any atom is 0.278 e. The predicted octanol–water partition coefficient (Wildman–Crippen LogP) is 3.87. The Hall–Kier alpha value is -4.27. The molecule has 1 fully saturated rings. The Bertz CT molecular complexity index is 1640. The van der Waals surface area contributed by atoms with Crippen molar-refractivity contribution in [3.8, 4) is 5.69 Å². The van der Waals surface area contributed by atoms with Gasteiger partial charge < -0.3 is 10.6 Å². The Morgan fingerprint density at radius 2 is 1.97 bits per heavy atom. The molecular weight excluding hydrogens is 466 g/mol. The quantitative estimate of drug-likeness (QED) is 0.407. The van der Waals surface area contributed by atoms with Crippen molar-refractivity contribution < 1.29 is 4.79 Å². The topological polar surface area (TPSA) is 107 Å². The molecule has 0 atom stereocenters. The number of fused-ring (bicyclic) bond motifs is 3. The minimum absolute atomic E-state index is 0.0550. The molecule has 37 heavy (non-hydrogen) atoms. The Balaban J connectivity index is 1.43. The van der Waals surface area contributed by atoms with Crippen LogP contribution < -0.4 is 16.2 Å². The molecule has 2 N–H and O–H groups in total. The summed E-state index contributed by atoms with van der Waals surface area (Å²) in [5, 5.41) is 6.82. The average molecular weight is 496 g/mol. The van der Waals surface area contributed by atoms with E-state index in [4.69, 9.17) is 4.98 Å². The van der Waals surface area contributed by atoms with Gasteiger partial charge in [0.1, 0.15) is 5.39 Å². The molecule has 0 bridgehead atoms. The van der Waals surface area contributed by atoms with E-state index >= 15 is 0 Å². The molecule has 3 aromatic heterocycles. The van der Waals surface area contributed by atoms with Crippen LogP contribution in [0.2, 0.25) is 0 Å². The number of allylic oxidation sites excluding steroid dienone is 1. The minimum atomic E-state index is -0.190. The van der Waals surface area contributed by atoms with Crippen molar-refractivity contribution in [3.05, 3.63) is 82.6 Å². The third-order valence-corrected chi connectivity index (χ3v) is 7.09.